The van der Waals surface area contributed by atoms with Crippen molar-refractivity contribution in [1.82, 2.24) is 15.1 Å². The molecule has 0 bridgehead atoms. The fourth-order valence-electron chi connectivity index (χ4n) is 2.60. The summed E-state index contributed by atoms with van der Waals surface area (Å²) in [6, 6.07) is 8.33. The van der Waals surface area contributed by atoms with Crippen LogP contribution in [0.3, 0.4) is 0 Å². The first-order chi connectivity index (χ1) is 11.0. The molecule has 1 N–H and O–H groups in total. The van der Waals surface area contributed by atoms with Crippen LogP contribution in [0.15, 0.2) is 29.2 Å². The second-order valence-electron chi connectivity index (χ2n) is 6.36. The maximum Gasteiger partial charge on any atom is 0.233 e. The van der Waals surface area contributed by atoms with Crippen LogP contribution in [0.2, 0.25) is 0 Å². The molecule has 1 aliphatic rings. The number of carbonyl (C=O) groups excluding carboxylic acids is 1. The number of aryl methyl sites for hydroxylation is 1. The van der Waals surface area contributed by atoms with E-state index in [1.54, 1.807) is 11.8 Å². The standard InChI is InChI=1S/C18H29N3OS/c1-15-5-7-17(8-6-15)23-16(2)18(22)19-9-4-10-21-13-11-20(3)12-14-21/h5-8,16H,4,9-14H2,1-3H3,(H,19,22). The number of carbonyl (C=O) groups is 1. The molecule has 1 aromatic carbocycles. The zero-order valence-electron chi connectivity index (χ0n) is 14.5. The fraction of sp³-hybridized carbons (Fsp3) is 0.611. The number of thioether (sulfide) groups is 1. The highest BCUT2D eigenvalue weighted by Crippen LogP contribution is 2.23. The smallest absolute Gasteiger partial charge is 0.233 e. The van der Waals surface area contributed by atoms with E-state index >= 15 is 0 Å². The van der Waals surface area contributed by atoms with E-state index in [9.17, 15) is 4.79 Å². The Morgan fingerprint density at radius 2 is 1.87 bits per heavy atom. The molecular weight excluding hydrogens is 306 g/mol. The third kappa shape index (κ3) is 6.53. The molecule has 23 heavy (non-hydrogen) atoms. The summed E-state index contributed by atoms with van der Waals surface area (Å²) < 4.78 is 0. The van der Waals surface area contributed by atoms with E-state index in [1.807, 2.05) is 6.92 Å². The Morgan fingerprint density at radius 1 is 1.22 bits per heavy atom. The Labute approximate surface area is 144 Å². The zero-order valence-corrected chi connectivity index (χ0v) is 15.4. The average Bonchev–Trinajstić information content (AvgIpc) is 2.55. The van der Waals surface area contributed by atoms with Gasteiger partial charge in [0.25, 0.3) is 0 Å². The van der Waals surface area contributed by atoms with Gasteiger partial charge in [-0.25, -0.2) is 0 Å². The lowest BCUT2D eigenvalue weighted by atomic mass is 10.2. The molecule has 5 heteroatoms. The van der Waals surface area contributed by atoms with Crippen LogP contribution < -0.4 is 5.32 Å². The summed E-state index contributed by atoms with van der Waals surface area (Å²) in [4.78, 5) is 18.2. The lowest BCUT2D eigenvalue weighted by molar-refractivity contribution is -0.120. The maximum atomic E-state index is 12.2. The molecule has 0 saturated carbocycles. The van der Waals surface area contributed by atoms with E-state index in [-0.39, 0.29) is 11.2 Å². The number of hydrogen-bond donors (Lipinski definition) is 1. The number of rotatable bonds is 7. The van der Waals surface area contributed by atoms with Crippen molar-refractivity contribution < 1.29 is 4.79 Å². The van der Waals surface area contributed by atoms with Crippen LogP contribution in [0, 0.1) is 6.92 Å². The molecule has 0 aromatic heterocycles. The molecule has 1 heterocycles. The van der Waals surface area contributed by atoms with Crippen molar-refractivity contribution in [2.45, 2.75) is 30.4 Å². The van der Waals surface area contributed by atoms with Gasteiger partial charge in [0.1, 0.15) is 0 Å². The molecule has 1 amide bonds. The lowest BCUT2D eigenvalue weighted by Gasteiger charge is -2.32. The molecule has 128 valence electrons. The van der Waals surface area contributed by atoms with Gasteiger partial charge >= 0.3 is 0 Å². The first kappa shape index (κ1) is 18.3. The second kappa shape index (κ2) is 9.30. The Balaban J connectivity index is 1.61. The lowest BCUT2D eigenvalue weighted by Crippen LogP contribution is -2.45. The van der Waals surface area contributed by atoms with Crippen LogP contribution in [0.25, 0.3) is 0 Å². The van der Waals surface area contributed by atoms with Gasteiger partial charge in [-0.3, -0.25) is 4.79 Å². The summed E-state index contributed by atoms with van der Waals surface area (Å²) in [5, 5.41) is 3.01. The minimum atomic E-state index is -0.0543. The normalized spacial score (nSPS) is 17.9. The molecule has 0 radical (unpaired) electrons. The summed E-state index contributed by atoms with van der Waals surface area (Å²) in [5.41, 5.74) is 1.25. The first-order valence-electron chi connectivity index (χ1n) is 8.46. The quantitative estimate of drug-likeness (QED) is 0.612. The van der Waals surface area contributed by atoms with Gasteiger partial charge < -0.3 is 15.1 Å². The number of likely N-dealkylation sites (N-methyl/N-ethyl adjacent to an activating group) is 1. The minimum Gasteiger partial charge on any atom is -0.355 e. The molecule has 1 aliphatic heterocycles. The summed E-state index contributed by atoms with van der Waals surface area (Å²) in [6.07, 6.45) is 1.03. The third-order valence-electron chi connectivity index (χ3n) is 4.25. The van der Waals surface area contributed by atoms with Crippen molar-refractivity contribution in [1.29, 1.82) is 0 Å². The van der Waals surface area contributed by atoms with Crippen molar-refractivity contribution in [3.63, 3.8) is 0 Å². The third-order valence-corrected chi connectivity index (χ3v) is 5.36. The van der Waals surface area contributed by atoms with Crippen LogP contribution in [-0.2, 0) is 4.79 Å². The molecule has 4 nitrogen and oxygen atoms in total. The van der Waals surface area contributed by atoms with Crippen LogP contribution in [0.4, 0.5) is 0 Å². The van der Waals surface area contributed by atoms with Crippen molar-refractivity contribution in [2.24, 2.45) is 0 Å². The molecule has 1 unspecified atom stereocenters. The monoisotopic (exact) mass is 335 g/mol. The number of benzene rings is 1. The van der Waals surface area contributed by atoms with E-state index in [0.29, 0.717) is 0 Å². The van der Waals surface area contributed by atoms with Crippen LogP contribution in [-0.4, -0.2) is 67.3 Å². The van der Waals surface area contributed by atoms with E-state index in [0.717, 1.165) is 50.6 Å². The van der Waals surface area contributed by atoms with Crippen LogP contribution in [0.5, 0.6) is 0 Å². The Hall–Kier alpha value is -1.04. The highest BCUT2D eigenvalue weighted by Gasteiger charge is 2.15. The number of hydrogen-bond acceptors (Lipinski definition) is 4. The predicted octanol–water partition coefficient (Wildman–Crippen LogP) is 2.23. The topological polar surface area (TPSA) is 35.6 Å². The van der Waals surface area contributed by atoms with Gasteiger partial charge in [-0.05, 0) is 46.0 Å². The Morgan fingerprint density at radius 3 is 2.52 bits per heavy atom. The van der Waals surface area contributed by atoms with Crippen molar-refractivity contribution in [3.05, 3.63) is 29.8 Å². The SMILES string of the molecule is Cc1ccc(SC(C)C(=O)NCCCN2CCN(C)CC2)cc1. The molecule has 0 aliphatic carbocycles. The number of nitrogens with one attached hydrogen (secondary N) is 1. The largest absolute Gasteiger partial charge is 0.355 e. The summed E-state index contributed by atoms with van der Waals surface area (Å²) in [6.45, 7) is 10.5. The van der Waals surface area contributed by atoms with Crippen molar-refractivity contribution in [2.75, 3.05) is 46.3 Å². The summed E-state index contributed by atoms with van der Waals surface area (Å²) in [7, 11) is 2.17. The molecule has 1 atom stereocenters. The molecule has 1 saturated heterocycles. The molecular formula is C18H29N3OS. The van der Waals surface area contributed by atoms with Gasteiger partial charge in [0.15, 0.2) is 0 Å². The first-order valence-corrected chi connectivity index (χ1v) is 9.34. The van der Waals surface area contributed by atoms with Crippen molar-refractivity contribution in [3.8, 4) is 0 Å². The molecule has 1 aromatic rings. The number of nitrogens with zero attached hydrogens (tertiary/aromatic N) is 2. The van der Waals surface area contributed by atoms with Crippen LogP contribution >= 0.6 is 11.8 Å². The van der Waals surface area contributed by atoms with Crippen molar-refractivity contribution >= 4 is 17.7 Å². The van der Waals surface area contributed by atoms with E-state index in [2.05, 4.69) is 53.4 Å². The average molecular weight is 336 g/mol. The second-order valence-corrected chi connectivity index (χ2v) is 7.78. The minimum absolute atomic E-state index is 0.0543. The summed E-state index contributed by atoms with van der Waals surface area (Å²) in [5.74, 6) is 0.133. The van der Waals surface area contributed by atoms with Gasteiger partial charge in [-0.15, -0.1) is 11.8 Å². The predicted molar refractivity (Wildman–Crippen MR) is 98.1 cm³/mol. The fourth-order valence-corrected chi connectivity index (χ4v) is 3.50. The van der Waals surface area contributed by atoms with E-state index in [1.165, 1.54) is 5.56 Å². The Bertz CT molecular complexity index is 484. The van der Waals surface area contributed by atoms with Gasteiger partial charge in [0.05, 0.1) is 5.25 Å². The number of piperazine rings is 1. The van der Waals surface area contributed by atoms with Gasteiger partial charge in [-0.2, -0.15) is 0 Å². The maximum absolute atomic E-state index is 12.2. The van der Waals surface area contributed by atoms with Gasteiger partial charge in [0, 0.05) is 37.6 Å². The zero-order chi connectivity index (χ0) is 16.7. The molecule has 2 rings (SSSR count). The van der Waals surface area contributed by atoms with Gasteiger partial charge in [0.2, 0.25) is 5.91 Å². The van der Waals surface area contributed by atoms with E-state index in [4.69, 9.17) is 0 Å². The van der Waals surface area contributed by atoms with Crippen LogP contribution in [0.1, 0.15) is 18.9 Å². The number of amides is 1. The highest BCUT2D eigenvalue weighted by atomic mass is 32.2. The molecule has 0 spiro atoms. The van der Waals surface area contributed by atoms with E-state index < -0.39 is 0 Å². The molecule has 1 fully saturated rings. The highest BCUT2D eigenvalue weighted by molar-refractivity contribution is 8.00. The van der Waals surface area contributed by atoms with Gasteiger partial charge in [-0.1, -0.05) is 17.7 Å². The Kier molecular flexibility index (Phi) is 7.40. The summed E-state index contributed by atoms with van der Waals surface area (Å²) >= 11 is 1.62.